The van der Waals surface area contributed by atoms with Crippen molar-refractivity contribution in [1.82, 2.24) is 0 Å². The Hall–Kier alpha value is 0.430. The van der Waals surface area contributed by atoms with Gasteiger partial charge in [-0.3, -0.25) is 0 Å². The maximum atomic E-state index is 11.9. The molecule has 0 amide bonds. The first kappa shape index (κ1) is 18.4. The van der Waals surface area contributed by atoms with Gasteiger partial charge >= 0.3 is 0 Å². The molecule has 0 aromatic rings. The lowest BCUT2D eigenvalue weighted by Gasteiger charge is -2.16. The van der Waals surface area contributed by atoms with Crippen LogP contribution in [0, 0.1) is 5.92 Å². The number of sulfone groups is 1. The molecule has 0 aliphatic carbocycles. The molecular weight excluding hydrogens is 312 g/mol. The molecule has 0 saturated carbocycles. The molecule has 18 heavy (non-hydrogen) atoms. The molecule has 1 atom stereocenters. The van der Waals surface area contributed by atoms with Crippen molar-refractivity contribution in [2.45, 2.75) is 71.0 Å². The molecule has 0 aliphatic heterocycles. The van der Waals surface area contributed by atoms with Crippen LogP contribution in [0.5, 0.6) is 0 Å². The minimum Gasteiger partial charge on any atom is -0.229 e. The largest absolute Gasteiger partial charge is 0.229 e. The van der Waals surface area contributed by atoms with Gasteiger partial charge in [0.15, 0.2) is 9.84 Å². The van der Waals surface area contributed by atoms with E-state index < -0.39 is 9.84 Å². The fourth-order valence-corrected chi connectivity index (χ4v) is 4.09. The topological polar surface area (TPSA) is 34.1 Å². The number of hydrogen-bond donors (Lipinski definition) is 0. The third-order valence-electron chi connectivity index (χ3n) is 3.57. The van der Waals surface area contributed by atoms with Crippen LogP contribution < -0.4 is 0 Å². The van der Waals surface area contributed by atoms with Gasteiger partial charge < -0.3 is 0 Å². The van der Waals surface area contributed by atoms with Gasteiger partial charge in [0.25, 0.3) is 0 Å². The Kier molecular flexibility index (Phi) is 10.5. The van der Waals surface area contributed by atoms with Gasteiger partial charge in [-0.15, -0.1) is 0 Å². The molecule has 4 heteroatoms. The van der Waals surface area contributed by atoms with Gasteiger partial charge in [0.05, 0.1) is 11.0 Å². The molecule has 1 unspecified atom stereocenters. The molecule has 0 N–H and O–H groups in total. The molecular formula is C14H29BrO2S. The van der Waals surface area contributed by atoms with Crippen LogP contribution in [0.4, 0.5) is 0 Å². The highest BCUT2D eigenvalue weighted by atomic mass is 79.9. The first-order valence-corrected chi connectivity index (χ1v) is 10.0. The van der Waals surface area contributed by atoms with Crippen LogP contribution in [0.3, 0.4) is 0 Å². The first-order chi connectivity index (χ1) is 8.41. The van der Waals surface area contributed by atoms with E-state index in [0.717, 1.165) is 18.2 Å². The van der Waals surface area contributed by atoms with Crippen molar-refractivity contribution in [3.05, 3.63) is 0 Å². The van der Waals surface area contributed by atoms with Crippen molar-refractivity contribution in [1.29, 1.82) is 0 Å². The van der Waals surface area contributed by atoms with Gasteiger partial charge in [-0.25, -0.2) is 8.42 Å². The van der Waals surface area contributed by atoms with Crippen LogP contribution in [0.25, 0.3) is 0 Å². The molecule has 0 heterocycles. The van der Waals surface area contributed by atoms with E-state index in [9.17, 15) is 8.42 Å². The van der Waals surface area contributed by atoms with Crippen molar-refractivity contribution in [3.8, 4) is 0 Å². The molecule has 0 spiro atoms. The second-order valence-electron chi connectivity index (χ2n) is 5.48. The maximum Gasteiger partial charge on any atom is 0.153 e. The van der Waals surface area contributed by atoms with Crippen molar-refractivity contribution in [3.63, 3.8) is 0 Å². The van der Waals surface area contributed by atoms with Crippen LogP contribution in [0.2, 0.25) is 0 Å². The average molecular weight is 341 g/mol. The molecule has 0 radical (unpaired) electrons. The molecule has 110 valence electrons. The van der Waals surface area contributed by atoms with Crippen LogP contribution in [-0.2, 0) is 9.84 Å². The molecule has 0 rings (SSSR count). The lowest BCUT2D eigenvalue weighted by Crippen LogP contribution is -2.25. The van der Waals surface area contributed by atoms with Gasteiger partial charge in [0.1, 0.15) is 0 Å². The Morgan fingerprint density at radius 2 is 1.28 bits per heavy atom. The normalized spacial score (nSPS) is 14.1. The summed E-state index contributed by atoms with van der Waals surface area (Å²) in [5.41, 5.74) is 0. The van der Waals surface area contributed by atoms with Crippen LogP contribution in [0.1, 0.15) is 65.7 Å². The number of rotatable bonds is 11. The number of hydrogen-bond acceptors (Lipinski definition) is 2. The zero-order valence-corrected chi connectivity index (χ0v) is 14.5. The Balaban J connectivity index is 3.60. The Morgan fingerprint density at radius 1 is 0.833 bits per heavy atom. The molecule has 0 aliphatic rings. The summed E-state index contributed by atoms with van der Waals surface area (Å²) in [6.45, 7) is 5.79. The van der Waals surface area contributed by atoms with Crippen molar-refractivity contribution >= 4 is 25.8 Å². The summed E-state index contributed by atoms with van der Waals surface area (Å²) < 4.78 is 23.9. The number of alkyl halides is 1. The summed E-state index contributed by atoms with van der Waals surface area (Å²) in [5.74, 6) is 0.590. The minimum atomic E-state index is -2.87. The van der Waals surface area contributed by atoms with Gasteiger partial charge in [0, 0.05) is 5.33 Å². The molecule has 0 saturated heterocycles. The van der Waals surface area contributed by atoms with Crippen LogP contribution in [-0.4, -0.2) is 24.8 Å². The third kappa shape index (κ3) is 8.52. The zero-order valence-electron chi connectivity index (χ0n) is 12.1. The van der Waals surface area contributed by atoms with Crippen molar-refractivity contribution in [2.75, 3.05) is 11.1 Å². The SMILES string of the molecule is CC(C)C(C)S(=O)(=O)CCCCCCCCCBr. The van der Waals surface area contributed by atoms with Gasteiger partial charge in [-0.1, -0.05) is 61.9 Å². The summed E-state index contributed by atoms with van der Waals surface area (Å²) in [5, 5.41) is 0.898. The lowest BCUT2D eigenvalue weighted by molar-refractivity contribution is 0.539. The third-order valence-corrected chi connectivity index (χ3v) is 6.66. The fraction of sp³-hybridized carbons (Fsp3) is 1.00. The summed E-state index contributed by atoms with van der Waals surface area (Å²) in [6.07, 6.45) is 8.12. The van der Waals surface area contributed by atoms with Gasteiger partial charge in [0.2, 0.25) is 0 Å². The second kappa shape index (κ2) is 10.2. The highest BCUT2D eigenvalue weighted by molar-refractivity contribution is 9.09. The monoisotopic (exact) mass is 340 g/mol. The molecule has 0 fully saturated rings. The second-order valence-corrected chi connectivity index (χ2v) is 8.75. The average Bonchev–Trinajstić information content (AvgIpc) is 2.31. The van der Waals surface area contributed by atoms with Crippen LogP contribution >= 0.6 is 15.9 Å². The predicted molar refractivity (Wildman–Crippen MR) is 84.2 cm³/mol. The van der Waals surface area contributed by atoms with E-state index in [2.05, 4.69) is 15.9 Å². The quantitative estimate of drug-likeness (QED) is 0.407. The van der Waals surface area contributed by atoms with Crippen LogP contribution in [0.15, 0.2) is 0 Å². The van der Waals surface area contributed by atoms with Gasteiger partial charge in [-0.05, 0) is 25.7 Å². The fourth-order valence-electron chi connectivity index (χ4n) is 1.88. The summed E-state index contributed by atoms with van der Waals surface area (Å²) in [6, 6.07) is 0. The van der Waals surface area contributed by atoms with Crippen molar-refractivity contribution < 1.29 is 8.42 Å². The molecule has 0 bridgehead atoms. The highest BCUT2D eigenvalue weighted by Crippen LogP contribution is 2.15. The predicted octanol–water partition coefficient (Wildman–Crippen LogP) is 4.57. The Labute approximate surface area is 122 Å². The smallest absolute Gasteiger partial charge is 0.153 e. The van der Waals surface area contributed by atoms with E-state index >= 15 is 0 Å². The number of unbranched alkanes of at least 4 members (excludes halogenated alkanes) is 6. The van der Waals surface area contributed by atoms with E-state index in [1.54, 1.807) is 0 Å². The molecule has 2 nitrogen and oxygen atoms in total. The van der Waals surface area contributed by atoms with Crippen molar-refractivity contribution in [2.24, 2.45) is 5.92 Å². The summed E-state index contributed by atoms with van der Waals surface area (Å²) >= 11 is 3.42. The van der Waals surface area contributed by atoms with E-state index in [-0.39, 0.29) is 11.2 Å². The molecule has 0 aromatic heterocycles. The Morgan fingerprint density at radius 3 is 1.72 bits per heavy atom. The van der Waals surface area contributed by atoms with Gasteiger partial charge in [-0.2, -0.15) is 0 Å². The standard InChI is InChI=1S/C14H29BrO2S/c1-13(2)14(3)18(16,17)12-10-8-6-4-5-7-9-11-15/h13-14H,4-12H2,1-3H3. The zero-order chi connectivity index (χ0) is 14.0. The molecule has 0 aromatic carbocycles. The van der Waals surface area contributed by atoms with E-state index in [0.29, 0.717) is 5.75 Å². The summed E-state index contributed by atoms with van der Waals surface area (Å²) in [7, 11) is -2.87. The summed E-state index contributed by atoms with van der Waals surface area (Å²) in [4.78, 5) is 0. The van der Waals surface area contributed by atoms with E-state index in [1.807, 2.05) is 20.8 Å². The number of halogens is 1. The first-order valence-electron chi connectivity index (χ1n) is 7.19. The lowest BCUT2D eigenvalue weighted by atomic mass is 10.1. The minimum absolute atomic E-state index is 0.198. The highest BCUT2D eigenvalue weighted by Gasteiger charge is 2.22. The maximum absolute atomic E-state index is 11.9. The Bertz CT molecular complexity index is 286. The van der Waals surface area contributed by atoms with E-state index in [4.69, 9.17) is 0 Å². The van der Waals surface area contributed by atoms with E-state index in [1.165, 1.54) is 32.1 Å².